The molecule has 170 valence electrons. The van der Waals surface area contributed by atoms with Crippen LogP contribution in [0.4, 0.5) is 11.4 Å². The third-order valence-electron chi connectivity index (χ3n) is 5.09. The first kappa shape index (κ1) is 23.4. The lowest BCUT2D eigenvalue weighted by Crippen LogP contribution is -2.42. The van der Waals surface area contributed by atoms with Gasteiger partial charge in [0, 0.05) is 25.2 Å². The van der Waals surface area contributed by atoms with Gasteiger partial charge in [-0.3, -0.25) is 0 Å². The lowest BCUT2D eigenvalue weighted by atomic mass is 10.3. The number of ether oxygens (including phenoxy) is 2. The maximum absolute atomic E-state index is 13.1. The molecule has 2 aromatic carbocycles. The molecule has 31 heavy (non-hydrogen) atoms. The highest BCUT2D eigenvalue weighted by atomic mass is 32.3. The van der Waals surface area contributed by atoms with E-state index >= 15 is 0 Å². The molecule has 2 aromatic rings. The van der Waals surface area contributed by atoms with Crippen LogP contribution >= 0.6 is 0 Å². The molecule has 4 N–H and O–H groups in total. The van der Waals surface area contributed by atoms with Crippen molar-refractivity contribution in [3.63, 3.8) is 0 Å². The maximum atomic E-state index is 13.1. The number of methoxy groups -OCH3 is 2. The zero-order valence-electron chi connectivity index (χ0n) is 17.3. The topological polar surface area (TPSA) is 157 Å². The number of nitrogens with zero attached hydrogens (tertiary/aromatic N) is 2. The van der Waals surface area contributed by atoms with E-state index < -0.39 is 20.8 Å². The molecule has 0 aliphatic carbocycles. The van der Waals surface area contributed by atoms with Gasteiger partial charge in [0.15, 0.2) is 30.6 Å². The van der Waals surface area contributed by atoms with Crippen LogP contribution in [-0.2, 0) is 29.2 Å². The molecule has 0 bridgehead atoms. The summed E-state index contributed by atoms with van der Waals surface area (Å²) in [7, 11) is -4.80. The molecule has 0 spiro atoms. The maximum Gasteiger partial charge on any atom is 0.177 e. The number of nitrogen functional groups attached to an aromatic ring is 2. The predicted molar refractivity (Wildman–Crippen MR) is 117 cm³/mol. The van der Waals surface area contributed by atoms with E-state index in [1.807, 2.05) is 0 Å². The van der Waals surface area contributed by atoms with Crippen molar-refractivity contribution in [2.24, 2.45) is 0 Å². The van der Waals surface area contributed by atoms with E-state index in [0.29, 0.717) is 17.9 Å². The summed E-state index contributed by atoms with van der Waals surface area (Å²) in [6.07, 6.45) is 0.343. The zero-order chi connectivity index (χ0) is 22.8. The van der Waals surface area contributed by atoms with Crippen molar-refractivity contribution < 1.29 is 27.0 Å². The van der Waals surface area contributed by atoms with E-state index in [9.17, 15) is 17.5 Å². The lowest BCUT2D eigenvalue weighted by Gasteiger charge is -2.28. The Kier molecular flexibility index (Phi) is 6.88. The van der Waals surface area contributed by atoms with Gasteiger partial charge >= 0.3 is 0 Å². The second kappa shape index (κ2) is 9.10. The van der Waals surface area contributed by atoms with Gasteiger partial charge in [-0.15, -0.1) is 8.61 Å². The fraction of sp³-hybridized carbons (Fsp3) is 0.368. The molecule has 0 amide bonds. The minimum absolute atomic E-state index is 0.0130. The summed E-state index contributed by atoms with van der Waals surface area (Å²) in [5.74, 6) is 0.761. The number of anilines is 2. The van der Waals surface area contributed by atoms with E-state index in [1.54, 1.807) is 0 Å². The molecule has 1 heterocycles. The van der Waals surface area contributed by atoms with Crippen LogP contribution in [0.5, 0.6) is 11.5 Å². The van der Waals surface area contributed by atoms with Gasteiger partial charge in [-0.2, -0.15) is 0 Å². The quantitative estimate of drug-likeness (QED) is 0.473. The van der Waals surface area contributed by atoms with E-state index in [1.165, 1.54) is 59.2 Å². The van der Waals surface area contributed by atoms with Gasteiger partial charge in [-0.05, 0) is 30.7 Å². The lowest BCUT2D eigenvalue weighted by molar-refractivity contribution is 0.345. The monoisotopic (exact) mass is 470 g/mol. The molecule has 2 unspecified atom stereocenters. The van der Waals surface area contributed by atoms with Crippen molar-refractivity contribution in [2.45, 2.75) is 16.2 Å². The molecule has 10 nitrogen and oxygen atoms in total. The fourth-order valence-corrected chi connectivity index (χ4v) is 6.41. The Balaban J connectivity index is 1.79. The molecule has 3 rings (SSSR count). The van der Waals surface area contributed by atoms with Crippen LogP contribution in [0.3, 0.4) is 0 Å². The SMILES string of the molecule is COc1ccc([S+](=O)([O-])N2CCCN([S+](=O)([O-])c3ccc(OC)c(N)c3)CC2)cc1N. The smallest absolute Gasteiger partial charge is 0.177 e. The molecule has 2 atom stereocenters. The van der Waals surface area contributed by atoms with Crippen molar-refractivity contribution in [2.75, 3.05) is 51.9 Å². The summed E-state index contributed by atoms with van der Waals surface area (Å²) < 4.78 is 64.9. The van der Waals surface area contributed by atoms with Gasteiger partial charge in [-0.1, -0.05) is 8.42 Å². The Bertz CT molecular complexity index is 969. The Labute approximate surface area is 183 Å². The number of rotatable bonds is 6. The summed E-state index contributed by atoms with van der Waals surface area (Å²) in [6.45, 7) is 0.397. The summed E-state index contributed by atoms with van der Waals surface area (Å²) in [6, 6.07) is 8.51. The first-order valence-corrected chi connectivity index (χ1v) is 12.4. The highest BCUT2D eigenvalue weighted by molar-refractivity contribution is 7.95. The number of hydrogen-bond acceptors (Lipinski definition) is 8. The standard InChI is InChI=1S/C19H26N4O6S2/c1-28-18-6-4-14(12-16(18)20)30(24,25)22-8-3-9-23(11-10-22)31(26,27)15-5-7-19(29-2)17(21)13-15/h4-7,12-13H,3,8-11,20-21H2,1-2H3. The van der Waals surface area contributed by atoms with Crippen molar-refractivity contribution in [1.29, 1.82) is 0 Å². The average molecular weight is 471 g/mol. The third kappa shape index (κ3) is 4.68. The number of benzene rings is 2. The Hall–Kier alpha value is -2.22. The van der Waals surface area contributed by atoms with Crippen LogP contribution in [0, 0.1) is 0 Å². The van der Waals surface area contributed by atoms with Crippen LogP contribution in [0.2, 0.25) is 0 Å². The minimum atomic E-state index is -3.84. The molecule has 1 saturated heterocycles. The van der Waals surface area contributed by atoms with Crippen LogP contribution in [0.25, 0.3) is 0 Å². The summed E-state index contributed by atoms with van der Waals surface area (Å²) >= 11 is 0. The van der Waals surface area contributed by atoms with Crippen LogP contribution in [0.15, 0.2) is 46.2 Å². The van der Waals surface area contributed by atoms with E-state index in [-0.39, 0.29) is 47.3 Å². The number of hydrogen-bond donors (Lipinski definition) is 2. The largest absolute Gasteiger partial charge is 0.593 e. The molecule has 1 aliphatic heterocycles. The molecule has 1 fully saturated rings. The highest BCUT2D eigenvalue weighted by Gasteiger charge is 2.37. The molecule has 0 saturated carbocycles. The first-order chi connectivity index (χ1) is 14.6. The van der Waals surface area contributed by atoms with Crippen molar-refractivity contribution in [1.82, 2.24) is 8.61 Å². The third-order valence-corrected chi connectivity index (χ3v) is 8.88. The van der Waals surface area contributed by atoms with Gasteiger partial charge < -0.3 is 30.0 Å². The van der Waals surface area contributed by atoms with E-state index in [4.69, 9.17) is 20.9 Å². The fourth-order valence-electron chi connectivity index (χ4n) is 3.39. The van der Waals surface area contributed by atoms with Crippen molar-refractivity contribution in [3.05, 3.63) is 36.4 Å². The van der Waals surface area contributed by atoms with Crippen molar-refractivity contribution in [3.8, 4) is 11.5 Å². The molecule has 12 heteroatoms. The summed E-state index contributed by atoms with van der Waals surface area (Å²) in [5.41, 5.74) is 12.1. The Morgan fingerprint density at radius 3 is 1.48 bits per heavy atom. The van der Waals surface area contributed by atoms with E-state index in [2.05, 4.69) is 0 Å². The van der Waals surface area contributed by atoms with Gasteiger partial charge in [0.2, 0.25) is 0 Å². The number of sulfonamides is 2. The molecular formula is C19H26N4O6S2. The molecule has 1 aliphatic rings. The zero-order valence-corrected chi connectivity index (χ0v) is 18.9. The molecular weight excluding hydrogens is 444 g/mol. The summed E-state index contributed by atoms with van der Waals surface area (Å²) in [5, 5.41) is 0. The van der Waals surface area contributed by atoms with Gasteiger partial charge in [-0.25, -0.2) is 0 Å². The highest BCUT2D eigenvalue weighted by Crippen LogP contribution is 2.32. The average Bonchev–Trinajstić information content (AvgIpc) is 3.01. The van der Waals surface area contributed by atoms with Crippen LogP contribution < -0.4 is 20.9 Å². The Morgan fingerprint density at radius 2 is 1.16 bits per heavy atom. The van der Waals surface area contributed by atoms with Gasteiger partial charge in [0.1, 0.15) is 11.5 Å². The molecule has 0 aromatic heterocycles. The normalized spacial score (nSPS) is 19.7. The van der Waals surface area contributed by atoms with Gasteiger partial charge in [0.05, 0.1) is 38.7 Å². The Morgan fingerprint density at radius 1 is 0.774 bits per heavy atom. The van der Waals surface area contributed by atoms with Crippen LogP contribution in [-0.4, -0.2) is 58.1 Å². The first-order valence-electron chi connectivity index (χ1n) is 9.48. The number of nitrogens with two attached hydrogens (primary N) is 2. The summed E-state index contributed by atoms with van der Waals surface area (Å²) in [4.78, 5) is 0.0649. The van der Waals surface area contributed by atoms with Crippen molar-refractivity contribution >= 4 is 32.2 Å². The van der Waals surface area contributed by atoms with Gasteiger partial charge in [0.25, 0.3) is 0 Å². The second-order valence-electron chi connectivity index (χ2n) is 6.97. The molecule has 0 radical (unpaired) electrons. The predicted octanol–water partition coefficient (Wildman–Crippen LogP) is 1.38. The van der Waals surface area contributed by atoms with Crippen LogP contribution in [0.1, 0.15) is 6.42 Å². The minimum Gasteiger partial charge on any atom is -0.593 e. The second-order valence-corrected chi connectivity index (χ2v) is 10.8. The van der Waals surface area contributed by atoms with E-state index in [0.717, 1.165) is 0 Å².